The topological polar surface area (TPSA) is 60.9 Å². The van der Waals surface area contributed by atoms with E-state index >= 15 is 0 Å². The minimum atomic E-state index is -0.393. The van der Waals surface area contributed by atoms with Gasteiger partial charge in [-0.2, -0.15) is 5.10 Å². The largest absolute Gasteiger partial charge is 0.388 e. The molecule has 0 bridgehead atoms. The van der Waals surface area contributed by atoms with Gasteiger partial charge in [0.1, 0.15) is 0 Å². The van der Waals surface area contributed by atoms with Crippen molar-refractivity contribution >= 4 is 22.2 Å². The number of aliphatic hydroxyl groups excluding tert-OH is 1. The van der Waals surface area contributed by atoms with E-state index in [1.165, 1.54) is 5.56 Å². The molecule has 2 heterocycles. The number of para-hydroxylation sites is 1. The zero-order valence-electron chi connectivity index (χ0n) is 11.9. The van der Waals surface area contributed by atoms with E-state index in [2.05, 4.69) is 28.5 Å². The molecule has 0 aliphatic carbocycles. The summed E-state index contributed by atoms with van der Waals surface area (Å²) in [4.78, 5) is 1.03. The molecule has 0 amide bonds. The number of benzene rings is 1. The number of rotatable bonds is 6. The molecule has 3 rings (SSSR count). The van der Waals surface area contributed by atoms with Crippen molar-refractivity contribution in [1.29, 1.82) is 0 Å². The molecule has 0 aliphatic rings. The molecule has 2 atom stereocenters. The Kier molecular flexibility index (Phi) is 4.34. The van der Waals surface area contributed by atoms with Crippen LogP contribution in [0.5, 0.6) is 0 Å². The maximum Gasteiger partial charge on any atom is 0.0896 e. The molecule has 0 aliphatic heterocycles. The van der Waals surface area contributed by atoms with Crippen LogP contribution < -0.4 is 5.32 Å². The minimum absolute atomic E-state index is 0.236. The van der Waals surface area contributed by atoms with E-state index < -0.39 is 6.10 Å². The summed E-state index contributed by atoms with van der Waals surface area (Å²) in [6, 6.07) is 10.4. The molecule has 0 fully saturated rings. The van der Waals surface area contributed by atoms with Crippen LogP contribution in [-0.2, 0) is 6.54 Å². The van der Waals surface area contributed by atoms with E-state index in [9.17, 15) is 5.11 Å². The van der Waals surface area contributed by atoms with Gasteiger partial charge in [-0.1, -0.05) is 24.3 Å². The van der Waals surface area contributed by atoms with Gasteiger partial charge in [-0.05, 0) is 30.4 Å². The highest BCUT2D eigenvalue weighted by Crippen LogP contribution is 2.23. The number of hydrogen-bond acceptors (Lipinski definition) is 4. The van der Waals surface area contributed by atoms with Crippen molar-refractivity contribution in [3.63, 3.8) is 0 Å². The van der Waals surface area contributed by atoms with Gasteiger partial charge in [0.05, 0.1) is 17.8 Å². The lowest BCUT2D eigenvalue weighted by Crippen LogP contribution is -2.27. The smallest absolute Gasteiger partial charge is 0.0896 e. The number of nitrogens with one attached hydrogen (secondary N) is 2. The van der Waals surface area contributed by atoms with E-state index in [4.69, 9.17) is 0 Å². The van der Waals surface area contributed by atoms with E-state index in [1.807, 2.05) is 35.8 Å². The summed E-state index contributed by atoms with van der Waals surface area (Å²) in [7, 11) is 0. The lowest BCUT2D eigenvalue weighted by Gasteiger charge is -2.17. The van der Waals surface area contributed by atoms with E-state index in [0.717, 1.165) is 22.3 Å². The average Bonchev–Trinajstić information content (AvgIpc) is 3.15. The van der Waals surface area contributed by atoms with Crippen molar-refractivity contribution in [1.82, 2.24) is 15.5 Å². The van der Waals surface area contributed by atoms with Gasteiger partial charge in [0.15, 0.2) is 0 Å². The molecule has 0 radical (unpaired) electrons. The van der Waals surface area contributed by atoms with Crippen LogP contribution in [0.25, 0.3) is 10.9 Å². The maximum absolute atomic E-state index is 10.2. The Labute approximate surface area is 127 Å². The molecule has 2 aromatic heterocycles. The summed E-state index contributed by atoms with van der Waals surface area (Å²) in [5.41, 5.74) is 2.28. The quantitative estimate of drug-likeness (QED) is 0.655. The predicted octanol–water partition coefficient (Wildman–Crippen LogP) is 3.23. The van der Waals surface area contributed by atoms with E-state index in [0.29, 0.717) is 6.42 Å². The van der Waals surface area contributed by atoms with Crippen molar-refractivity contribution < 1.29 is 5.11 Å². The molecule has 1 aromatic carbocycles. The Morgan fingerprint density at radius 2 is 2.24 bits per heavy atom. The van der Waals surface area contributed by atoms with Crippen LogP contribution in [0.2, 0.25) is 0 Å². The minimum Gasteiger partial charge on any atom is -0.388 e. The summed E-state index contributed by atoms with van der Waals surface area (Å²) in [5.74, 6) is 0. The third-order valence-corrected chi connectivity index (χ3v) is 4.63. The number of aromatic amines is 1. The predicted molar refractivity (Wildman–Crippen MR) is 86.3 cm³/mol. The first-order valence-electron chi connectivity index (χ1n) is 7.10. The van der Waals surface area contributed by atoms with Gasteiger partial charge in [0.2, 0.25) is 0 Å². The highest BCUT2D eigenvalue weighted by atomic mass is 32.1. The van der Waals surface area contributed by atoms with Crippen molar-refractivity contribution in [2.24, 2.45) is 0 Å². The Bertz CT molecular complexity index is 692. The molecule has 3 N–H and O–H groups in total. The molecule has 21 heavy (non-hydrogen) atoms. The van der Waals surface area contributed by atoms with Crippen LogP contribution in [0.1, 0.15) is 29.9 Å². The molecule has 3 aromatic rings. The second-order valence-corrected chi connectivity index (χ2v) is 6.28. The zero-order valence-corrected chi connectivity index (χ0v) is 12.7. The second-order valence-electron chi connectivity index (χ2n) is 5.30. The standard InChI is InChI=1S/C16H19N3OS/c1-11(8-14(20)15-6-3-7-21-15)17-9-12-4-2-5-13-10-18-19-16(12)13/h2-7,10-11,14,17,20H,8-9H2,1H3,(H,18,19)/t11-,14-/m0/s1. The Morgan fingerprint density at radius 1 is 1.33 bits per heavy atom. The first kappa shape index (κ1) is 14.3. The molecule has 0 saturated heterocycles. The van der Waals surface area contributed by atoms with E-state index in [1.54, 1.807) is 11.3 Å². The molecular weight excluding hydrogens is 282 g/mol. The summed E-state index contributed by atoms with van der Waals surface area (Å²) in [6.45, 7) is 2.86. The number of fused-ring (bicyclic) bond motifs is 1. The second kappa shape index (κ2) is 6.39. The van der Waals surface area contributed by atoms with Crippen molar-refractivity contribution in [2.45, 2.75) is 32.0 Å². The number of hydrogen-bond donors (Lipinski definition) is 3. The maximum atomic E-state index is 10.2. The van der Waals surface area contributed by atoms with Crippen LogP contribution in [-0.4, -0.2) is 21.3 Å². The van der Waals surface area contributed by atoms with Gasteiger partial charge >= 0.3 is 0 Å². The number of thiophene rings is 1. The molecule has 0 unspecified atom stereocenters. The number of H-pyrrole nitrogens is 1. The first-order valence-corrected chi connectivity index (χ1v) is 7.98. The van der Waals surface area contributed by atoms with E-state index in [-0.39, 0.29) is 6.04 Å². The Morgan fingerprint density at radius 3 is 3.05 bits per heavy atom. The molecule has 5 heteroatoms. The zero-order chi connectivity index (χ0) is 14.7. The normalized spacial score (nSPS) is 14.4. The number of aromatic nitrogens is 2. The number of nitrogens with zero attached hydrogens (tertiary/aromatic N) is 1. The van der Waals surface area contributed by atoms with Crippen LogP contribution in [0.3, 0.4) is 0 Å². The Hall–Kier alpha value is -1.69. The van der Waals surface area contributed by atoms with Crippen molar-refractivity contribution in [3.8, 4) is 0 Å². The Balaban J connectivity index is 1.58. The van der Waals surface area contributed by atoms with Crippen LogP contribution in [0, 0.1) is 0 Å². The molecule has 0 saturated carbocycles. The van der Waals surface area contributed by atoms with Gasteiger partial charge in [-0.25, -0.2) is 0 Å². The van der Waals surface area contributed by atoms with Gasteiger partial charge in [0.25, 0.3) is 0 Å². The van der Waals surface area contributed by atoms with Crippen LogP contribution in [0.15, 0.2) is 41.9 Å². The third-order valence-electron chi connectivity index (χ3n) is 3.65. The monoisotopic (exact) mass is 301 g/mol. The SMILES string of the molecule is C[C@@H](C[C@H](O)c1cccs1)NCc1cccc2cn[nH]c12. The summed E-state index contributed by atoms with van der Waals surface area (Å²) in [6.07, 6.45) is 2.15. The highest BCUT2D eigenvalue weighted by Gasteiger charge is 2.13. The molecule has 0 spiro atoms. The lowest BCUT2D eigenvalue weighted by molar-refractivity contribution is 0.157. The fraction of sp³-hybridized carbons (Fsp3) is 0.312. The van der Waals surface area contributed by atoms with Crippen molar-refractivity contribution in [2.75, 3.05) is 0 Å². The van der Waals surface area contributed by atoms with Crippen molar-refractivity contribution in [3.05, 3.63) is 52.3 Å². The highest BCUT2D eigenvalue weighted by molar-refractivity contribution is 7.10. The molecular formula is C16H19N3OS. The fourth-order valence-corrected chi connectivity index (χ4v) is 3.20. The molecule has 4 nitrogen and oxygen atoms in total. The van der Waals surface area contributed by atoms with Gasteiger partial charge in [0, 0.05) is 22.8 Å². The first-order chi connectivity index (χ1) is 10.2. The average molecular weight is 301 g/mol. The van der Waals surface area contributed by atoms with Gasteiger partial charge in [-0.15, -0.1) is 11.3 Å². The molecule has 110 valence electrons. The summed E-state index contributed by atoms with van der Waals surface area (Å²) in [5, 5.41) is 23.9. The third kappa shape index (κ3) is 3.32. The fourth-order valence-electron chi connectivity index (χ4n) is 2.48. The number of aliphatic hydroxyl groups is 1. The lowest BCUT2D eigenvalue weighted by atomic mass is 10.1. The van der Waals surface area contributed by atoms with Gasteiger partial charge < -0.3 is 10.4 Å². The van der Waals surface area contributed by atoms with Crippen LogP contribution in [0.4, 0.5) is 0 Å². The summed E-state index contributed by atoms with van der Waals surface area (Å²) >= 11 is 1.60. The van der Waals surface area contributed by atoms with Gasteiger partial charge in [-0.3, -0.25) is 5.10 Å². The van der Waals surface area contributed by atoms with Crippen LogP contribution >= 0.6 is 11.3 Å². The summed E-state index contributed by atoms with van der Waals surface area (Å²) < 4.78 is 0.